The fraction of sp³-hybridized carbons (Fsp3) is 0.333. The predicted molar refractivity (Wildman–Crippen MR) is 98.3 cm³/mol. The van der Waals surface area contributed by atoms with Crippen molar-refractivity contribution in [3.05, 3.63) is 40.3 Å². The minimum atomic E-state index is -0.153. The van der Waals surface area contributed by atoms with E-state index < -0.39 is 0 Å². The van der Waals surface area contributed by atoms with Crippen molar-refractivity contribution in [1.82, 2.24) is 4.90 Å². The highest BCUT2D eigenvalue weighted by Gasteiger charge is 2.14. The lowest BCUT2D eigenvalue weighted by atomic mass is 10.1. The fourth-order valence-electron chi connectivity index (χ4n) is 2.45. The maximum Gasteiger partial charge on any atom is 0.239 e. The molecule has 0 bridgehead atoms. The molecule has 0 spiro atoms. The van der Waals surface area contributed by atoms with Crippen LogP contribution in [0.3, 0.4) is 0 Å². The second kappa shape index (κ2) is 8.51. The van der Waals surface area contributed by atoms with E-state index in [1.54, 1.807) is 25.7 Å². The van der Waals surface area contributed by atoms with Crippen molar-refractivity contribution in [2.24, 2.45) is 0 Å². The summed E-state index contributed by atoms with van der Waals surface area (Å²) in [6.45, 7) is 2.81. The molecule has 1 N–H and O–H groups in total. The minimum Gasteiger partial charge on any atom is -0.493 e. The molecule has 25 heavy (non-hydrogen) atoms. The molecule has 1 aromatic heterocycles. The largest absolute Gasteiger partial charge is 0.493 e. The Kier molecular flexibility index (Phi) is 6.39. The Balaban J connectivity index is 2.01. The number of ether oxygens (including phenoxy) is 2. The zero-order valence-electron chi connectivity index (χ0n) is 14.8. The molecule has 1 amide bonds. The minimum absolute atomic E-state index is 0.153. The fourth-order valence-corrected chi connectivity index (χ4v) is 3.20. The van der Waals surface area contributed by atoms with Gasteiger partial charge in [-0.15, -0.1) is 11.3 Å². The van der Waals surface area contributed by atoms with Crippen LogP contribution < -0.4 is 14.8 Å². The predicted octanol–water partition coefficient (Wildman–Crippen LogP) is 3.02. The molecule has 0 aliphatic carbocycles. The Morgan fingerprint density at radius 2 is 2.00 bits per heavy atom. The zero-order valence-corrected chi connectivity index (χ0v) is 15.6. The van der Waals surface area contributed by atoms with Gasteiger partial charge in [-0.2, -0.15) is 5.26 Å². The van der Waals surface area contributed by atoms with Gasteiger partial charge >= 0.3 is 0 Å². The molecule has 2 rings (SSSR count). The Hall–Kier alpha value is -2.56. The highest BCUT2D eigenvalue weighted by Crippen LogP contribution is 2.30. The molecular formula is C18H21N3O3S. The topological polar surface area (TPSA) is 74.6 Å². The van der Waals surface area contributed by atoms with Gasteiger partial charge in [0.2, 0.25) is 5.91 Å². The van der Waals surface area contributed by atoms with E-state index in [2.05, 4.69) is 11.4 Å². The first kappa shape index (κ1) is 18.8. The number of thiophene rings is 1. The lowest BCUT2D eigenvalue weighted by molar-refractivity contribution is -0.117. The molecule has 1 aromatic carbocycles. The molecule has 0 fully saturated rings. The van der Waals surface area contributed by atoms with Crippen molar-refractivity contribution < 1.29 is 14.3 Å². The van der Waals surface area contributed by atoms with Crippen LogP contribution in [0.25, 0.3) is 0 Å². The number of nitrogens with zero attached hydrogens (tertiary/aromatic N) is 2. The van der Waals surface area contributed by atoms with Crippen LogP contribution in [0.1, 0.15) is 16.7 Å². The molecule has 0 radical (unpaired) electrons. The SMILES string of the molecule is COc1cc(C)c(CN(C)CC(=O)Nc2sccc2C#N)cc1OC. The van der Waals surface area contributed by atoms with Crippen molar-refractivity contribution in [2.45, 2.75) is 13.5 Å². The van der Waals surface area contributed by atoms with Crippen LogP contribution in [0.15, 0.2) is 23.6 Å². The maximum absolute atomic E-state index is 12.2. The molecule has 0 unspecified atom stereocenters. The Morgan fingerprint density at radius 1 is 1.32 bits per heavy atom. The van der Waals surface area contributed by atoms with E-state index in [1.807, 2.05) is 31.0 Å². The molecule has 0 atom stereocenters. The highest BCUT2D eigenvalue weighted by molar-refractivity contribution is 7.14. The third-order valence-corrected chi connectivity index (χ3v) is 4.56. The van der Waals surface area contributed by atoms with Crippen molar-refractivity contribution >= 4 is 22.2 Å². The van der Waals surface area contributed by atoms with Gasteiger partial charge in [0, 0.05) is 6.54 Å². The van der Waals surface area contributed by atoms with Gasteiger partial charge in [-0.1, -0.05) is 0 Å². The second-order valence-electron chi connectivity index (χ2n) is 5.63. The number of methoxy groups -OCH3 is 2. The standard InChI is InChI=1S/C18H21N3O3S/c1-12-7-15(23-3)16(24-4)8-14(12)10-21(2)11-17(22)20-18-13(9-19)5-6-25-18/h5-8H,10-11H2,1-4H3,(H,20,22). The van der Waals surface area contributed by atoms with Gasteiger partial charge < -0.3 is 14.8 Å². The zero-order chi connectivity index (χ0) is 18.4. The summed E-state index contributed by atoms with van der Waals surface area (Å²) in [6.07, 6.45) is 0. The molecular weight excluding hydrogens is 338 g/mol. The van der Waals surface area contributed by atoms with E-state index in [-0.39, 0.29) is 12.5 Å². The third-order valence-electron chi connectivity index (χ3n) is 3.73. The number of rotatable bonds is 7. The van der Waals surface area contributed by atoms with E-state index in [1.165, 1.54) is 11.3 Å². The molecule has 0 aliphatic heterocycles. The molecule has 0 saturated heterocycles. The number of nitrogens with one attached hydrogen (secondary N) is 1. The smallest absolute Gasteiger partial charge is 0.239 e. The first-order chi connectivity index (χ1) is 12.0. The summed E-state index contributed by atoms with van der Waals surface area (Å²) in [5.74, 6) is 1.20. The van der Waals surface area contributed by atoms with E-state index in [9.17, 15) is 4.79 Å². The summed E-state index contributed by atoms with van der Waals surface area (Å²) in [5.41, 5.74) is 2.61. The monoisotopic (exact) mass is 359 g/mol. The van der Waals surface area contributed by atoms with E-state index in [0.29, 0.717) is 28.6 Å². The number of carbonyl (C=O) groups excluding carboxylic acids is 1. The van der Waals surface area contributed by atoms with Crippen LogP contribution in [-0.2, 0) is 11.3 Å². The second-order valence-corrected chi connectivity index (χ2v) is 6.55. The first-order valence-electron chi connectivity index (χ1n) is 7.66. The molecule has 132 valence electrons. The number of aryl methyl sites for hydroxylation is 1. The van der Waals surface area contributed by atoms with Gasteiger partial charge in [0.25, 0.3) is 0 Å². The molecule has 1 heterocycles. The number of benzene rings is 1. The molecule has 6 nitrogen and oxygen atoms in total. The number of likely N-dealkylation sites (N-methyl/N-ethyl adjacent to an activating group) is 1. The number of anilines is 1. The third kappa shape index (κ3) is 4.72. The van der Waals surface area contributed by atoms with Crippen molar-refractivity contribution in [2.75, 3.05) is 33.1 Å². The summed E-state index contributed by atoms with van der Waals surface area (Å²) in [5, 5.41) is 14.1. The van der Waals surface area contributed by atoms with Crippen LogP contribution in [0.2, 0.25) is 0 Å². The van der Waals surface area contributed by atoms with E-state index in [4.69, 9.17) is 14.7 Å². The number of nitriles is 1. The Bertz CT molecular complexity index is 795. The molecule has 0 aliphatic rings. The van der Waals surface area contributed by atoms with Crippen molar-refractivity contribution in [1.29, 1.82) is 5.26 Å². The number of hydrogen-bond donors (Lipinski definition) is 1. The Morgan fingerprint density at radius 3 is 2.64 bits per heavy atom. The van der Waals surface area contributed by atoms with Gasteiger partial charge in [0.15, 0.2) is 11.5 Å². The molecule has 0 saturated carbocycles. The van der Waals surface area contributed by atoms with Crippen molar-refractivity contribution in [3.63, 3.8) is 0 Å². The summed E-state index contributed by atoms with van der Waals surface area (Å²) < 4.78 is 10.6. The van der Waals surface area contributed by atoms with Gasteiger partial charge in [-0.05, 0) is 48.7 Å². The van der Waals surface area contributed by atoms with Gasteiger partial charge in [0.05, 0.1) is 26.3 Å². The van der Waals surface area contributed by atoms with Crippen LogP contribution in [0.5, 0.6) is 11.5 Å². The van der Waals surface area contributed by atoms with Crippen molar-refractivity contribution in [3.8, 4) is 17.6 Å². The summed E-state index contributed by atoms with van der Waals surface area (Å²) in [6, 6.07) is 7.60. The Labute approximate surface area is 151 Å². The van der Waals surface area contributed by atoms with Gasteiger partial charge in [-0.3, -0.25) is 9.69 Å². The first-order valence-corrected chi connectivity index (χ1v) is 8.54. The van der Waals surface area contributed by atoms with Crippen LogP contribution in [0, 0.1) is 18.3 Å². The lowest BCUT2D eigenvalue weighted by Gasteiger charge is -2.19. The lowest BCUT2D eigenvalue weighted by Crippen LogP contribution is -2.30. The average molecular weight is 359 g/mol. The van der Waals surface area contributed by atoms with E-state index >= 15 is 0 Å². The quantitative estimate of drug-likeness (QED) is 0.822. The van der Waals surface area contributed by atoms with Crippen LogP contribution >= 0.6 is 11.3 Å². The summed E-state index contributed by atoms with van der Waals surface area (Å²) >= 11 is 1.34. The number of amides is 1. The van der Waals surface area contributed by atoms with Crippen LogP contribution in [0.4, 0.5) is 5.00 Å². The van der Waals surface area contributed by atoms with Crippen LogP contribution in [-0.4, -0.2) is 38.6 Å². The van der Waals surface area contributed by atoms with Gasteiger partial charge in [-0.25, -0.2) is 0 Å². The number of carbonyl (C=O) groups is 1. The van der Waals surface area contributed by atoms with E-state index in [0.717, 1.165) is 11.1 Å². The summed E-state index contributed by atoms with van der Waals surface area (Å²) in [4.78, 5) is 14.1. The summed E-state index contributed by atoms with van der Waals surface area (Å²) in [7, 11) is 5.07. The molecule has 2 aromatic rings. The maximum atomic E-state index is 12.2. The average Bonchev–Trinajstić information content (AvgIpc) is 3.02. The normalized spacial score (nSPS) is 10.4. The van der Waals surface area contributed by atoms with Gasteiger partial charge in [0.1, 0.15) is 11.1 Å². The number of hydrogen-bond acceptors (Lipinski definition) is 6. The molecule has 7 heteroatoms. The highest BCUT2D eigenvalue weighted by atomic mass is 32.1.